The number of nitrogens with zero attached hydrogens (tertiary/aromatic N) is 1. The van der Waals surface area contributed by atoms with Crippen molar-refractivity contribution in [3.05, 3.63) is 25.3 Å². The van der Waals surface area contributed by atoms with Crippen LogP contribution in [-0.2, 0) is 9.16 Å². The van der Waals surface area contributed by atoms with E-state index in [2.05, 4.69) is 39.7 Å². The van der Waals surface area contributed by atoms with E-state index in [0.29, 0.717) is 6.61 Å². The van der Waals surface area contributed by atoms with Gasteiger partial charge < -0.3 is 9.16 Å². The van der Waals surface area contributed by atoms with Crippen LogP contribution in [0, 0.1) is 0 Å². The van der Waals surface area contributed by atoms with Crippen LogP contribution in [-0.4, -0.2) is 37.7 Å². The maximum absolute atomic E-state index is 12.5. The molecule has 138 valence electrons. The van der Waals surface area contributed by atoms with Gasteiger partial charge in [-0.3, -0.25) is 4.90 Å². The number of unbranched alkanes of at least 4 members (excludes halogenated alkanes) is 3. The molecule has 2 atom stereocenters. The lowest BCUT2D eigenvalue weighted by Gasteiger charge is -2.41. The van der Waals surface area contributed by atoms with Gasteiger partial charge in [0.2, 0.25) is 0 Å². The first-order valence-corrected chi connectivity index (χ1v) is 12.6. The van der Waals surface area contributed by atoms with Crippen LogP contribution in [0.3, 0.4) is 0 Å². The van der Waals surface area contributed by atoms with Crippen LogP contribution in [0.25, 0.3) is 0 Å². The molecule has 0 aromatic carbocycles. The van der Waals surface area contributed by atoms with Crippen LogP contribution in [0.5, 0.6) is 0 Å². The first kappa shape index (κ1) is 21.0. The number of cyclic esters (lactones) is 1. The second-order valence-electron chi connectivity index (χ2n) is 7.59. The third-order valence-corrected chi connectivity index (χ3v) is 5.33. The molecule has 0 aromatic heterocycles. The minimum absolute atomic E-state index is 0.222. The third-order valence-electron chi connectivity index (χ3n) is 4.35. The topological polar surface area (TPSA) is 38.8 Å². The van der Waals surface area contributed by atoms with Gasteiger partial charge >= 0.3 is 6.09 Å². The molecule has 0 aromatic rings. The summed E-state index contributed by atoms with van der Waals surface area (Å²) in [5.41, 5.74) is -0.462. The normalized spacial score (nSPS) is 22.3. The van der Waals surface area contributed by atoms with Gasteiger partial charge in [-0.15, -0.1) is 13.2 Å². The zero-order valence-electron chi connectivity index (χ0n) is 16.0. The molecular weight excluding hydrogens is 318 g/mol. The number of carbonyl (C=O) groups is 1. The molecule has 1 amide bonds. The molecule has 0 radical (unpaired) electrons. The Bertz CT molecular complexity index is 433. The Hall–Kier alpha value is -1.07. The average Bonchev–Trinajstić information content (AvgIpc) is 2.83. The second kappa shape index (κ2) is 9.42. The predicted molar refractivity (Wildman–Crippen MR) is 103 cm³/mol. The Labute approximate surface area is 149 Å². The van der Waals surface area contributed by atoms with E-state index in [0.717, 1.165) is 44.9 Å². The summed E-state index contributed by atoms with van der Waals surface area (Å²) in [7, 11) is -1.79. The monoisotopic (exact) mass is 353 g/mol. The van der Waals surface area contributed by atoms with Crippen LogP contribution >= 0.6 is 0 Å². The lowest BCUT2D eigenvalue weighted by molar-refractivity contribution is 0.00344. The first-order valence-electron chi connectivity index (χ1n) is 9.18. The van der Waals surface area contributed by atoms with Crippen molar-refractivity contribution in [2.75, 3.05) is 6.61 Å². The van der Waals surface area contributed by atoms with Crippen LogP contribution in [0.4, 0.5) is 4.79 Å². The summed E-state index contributed by atoms with van der Waals surface area (Å²) in [4.78, 5) is 14.3. The molecule has 0 N–H and O–H groups in total. The van der Waals surface area contributed by atoms with Crippen molar-refractivity contribution in [2.24, 2.45) is 0 Å². The Morgan fingerprint density at radius 3 is 2.58 bits per heavy atom. The molecule has 0 saturated carbocycles. The minimum Gasteiger partial charge on any atom is -0.446 e. The van der Waals surface area contributed by atoms with Crippen molar-refractivity contribution in [2.45, 2.75) is 83.3 Å². The van der Waals surface area contributed by atoms with E-state index < -0.39 is 13.9 Å². The molecule has 4 nitrogen and oxygen atoms in total. The predicted octanol–water partition coefficient (Wildman–Crippen LogP) is 5.48. The van der Waals surface area contributed by atoms with E-state index in [9.17, 15) is 4.79 Å². The quantitative estimate of drug-likeness (QED) is 0.265. The molecular formula is C19H35NO3Si. The van der Waals surface area contributed by atoms with Gasteiger partial charge in [-0.1, -0.05) is 31.9 Å². The molecule has 1 saturated heterocycles. The second-order valence-corrected chi connectivity index (χ2v) is 12.1. The Morgan fingerprint density at radius 1 is 1.33 bits per heavy atom. The minimum atomic E-state index is -1.79. The highest BCUT2D eigenvalue weighted by atomic mass is 28.4. The van der Waals surface area contributed by atoms with Crippen LogP contribution in [0.2, 0.25) is 19.6 Å². The van der Waals surface area contributed by atoms with Gasteiger partial charge in [-0.2, -0.15) is 0 Å². The molecule has 0 bridgehead atoms. The molecule has 1 aliphatic rings. The Balaban J connectivity index is 3.00. The standard InChI is InChI=1S/C19H35NO3Si/c1-7-10-12-14-17(23-24(4,5)6)20-18(21)22-16-19(20,9-3)15-13-11-8-2/h8-9,17H,2-3,7,10-16H2,1,4-6H3. The van der Waals surface area contributed by atoms with Gasteiger partial charge in [0.05, 0.1) is 0 Å². The largest absolute Gasteiger partial charge is 0.446 e. The van der Waals surface area contributed by atoms with E-state index in [-0.39, 0.29) is 12.3 Å². The average molecular weight is 354 g/mol. The summed E-state index contributed by atoms with van der Waals surface area (Å²) in [6.07, 6.45) is 10.2. The van der Waals surface area contributed by atoms with Crippen molar-refractivity contribution < 1.29 is 14.0 Å². The molecule has 1 heterocycles. The van der Waals surface area contributed by atoms with Gasteiger partial charge in [-0.25, -0.2) is 4.79 Å². The fraction of sp³-hybridized carbons (Fsp3) is 0.737. The summed E-state index contributed by atoms with van der Waals surface area (Å²) in [5.74, 6) is 0. The lowest BCUT2D eigenvalue weighted by atomic mass is 9.91. The number of carbonyl (C=O) groups excluding carboxylic acids is 1. The van der Waals surface area contributed by atoms with Crippen molar-refractivity contribution in [1.29, 1.82) is 0 Å². The first-order chi connectivity index (χ1) is 11.3. The summed E-state index contributed by atoms with van der Waals surface area (Å²) in [5, 5.41) is 0. The summed E-state index contributed by atoms with van der Waals surface area (Å²) in [6.45, 7) is 16.8. The lowest BCUT2D eigenvalue weighted by Crippen LogP contribution is -2.54. The van der Waals surface area contributed by atoms with Crippen LogP contribution in [0.15, 0.2) is 25.3 Å². The van der Waals surface area contributed by atoms with E-state index >= 15 is 0 Å². The number of allylic oxidation sites excluding steroid dienone is 1. The molecule has 1 fully saturated rings. The van der Waals surface area contributed by atoms with Crippen LogP contribution in [0.1, 0.15) is 51.9 Å². The van der Waals surface area contributed by atoms with Gasteiger partial charge in [0.1, 0.15) is 18.4 Å². The number of ether oxygens (including phenoxy) is 1. The van der Waals surface area contributed by atoms with Gasteiger partial charge in [0, 0.05) is 0 Å². The number of amides is 1. The highest BCUT2D eigenvalue weighted by molar-refractivity contribution is 6.69. The van der Waals surface area contributed by atoms with Crippen molar-refractivity contribution in [1.82, 2.24) is 4.90 Å². The van der Waals surface area contributed by atoms with E-state index in [1.807, 2.05) is 17.1 Å². The maximum Gasteiger partial charge on any atom is 0.412 e. The maximum atomic E-state index is 12.5. The van der Waals surface area contributed by atoms with E-state index in [4.69, 9.17) is 9.16 Å². The molecule has 24 heavy (non-hydrogen) atoms. The fourth-order valence-electron chi connectivity index (χ4n) is 3.13. The van der Waals surface area contributed by atoms with E-state index in [1.165, 1.54) is 0 Å². The summed E-state index contributed by atoms with van der Waals surface area (Å²) < 4.78 is 11.8. The fourth-order valence-corrected chi connectivity index (χ4v) is 4.17. The SMILES string of the molecule is C=CCCCC1(C=C)COC(=O)N1C(CCCCC)O[Si](C)(C)C. The summed E-state index contributed by atoms with van der Waals surface area (Å²) in [6, 6.07) is 0. The molecule has 0 spiro atoms. The molecule has 1 aliphatic heterocycles. The van der Waals surface area contributed by atoms with Crippen molar-refractivity contribution >= 4 is 14.4 Å². The van der Waals surface area contributed by atoms with Gasteiger partial charge in [-0.05, 0) is 51.7 Å². The molecule has 2 unspecified atom stereocenters. The highest BCUT2D eigenvalue weighted by Crippen LogP contribution is 2.35. The molecule has 1 rings (SSSR count). The van der Waals surface area contributed by atoms with E-state index in [1.54, 1.807) is 0 Å². The van der Waals surface area contributed by atoms with Crippen molar-refractivity contribution in [3.8, 4) is 0 Å². The smallest absolute Gasteiger partial charge is 0.412 e. The number of hydrogen-bond acceptors (Lipinski definition) is 3. The van der Waals surface area contributed by atoms with Crippen LogP contribution < -0.4 is 0 Å². The zero-order valence-corrected chi connectivity index (χ0v) is 17.0. The Morgan fingerprint density at radius 2 is 2.04 bits per heavy atom. The number of hydrogen-bond donors (Lipinski definition) is 0. The zero-order chi connectivity index (χ0) is 18.2. The third kappa shape index (κ3) is 5.78. The molecule has 0 aliphatic carbocycles. The Kier molecular flexibility index (Phi) is 8.23. The number of rotatable bonds is 12. The van der Waals surface area contributed by atoms with Gasteiger partial charge in [0.25, 0.3) is 0 Å². The van der Waals surface area contributed by atoms with Crippen molar-refractivity contribution in [3.63, 3.8) is 0 Å². The molecule has 5 heteroatoms. The van der Waals surface area contributed by atoms with Gasteiger partial charge in [0.15, 0.2) is 8.32 Å². The highest BCUT2D eigenvalue weighted by Gasteiger charge is 2.49. The summed E-state index contributed by atoms with van der Waals surface area (Å²) >= 11 is 0.